The first kappa shape index (κ1) is 10.0. The van der Waals surface area contributed by atoms with E-state index in [4.69, 9.17) is 16.9 Å². The molecular weight excluding hydrogens is 189 g/mol. The monoisotopic (exact) mass is 197 g/mol. The molecule has 68 valence electrons. The van der Waals surface area contributed by atoms with Crippen molar-refractivity contribution in [3.05, 3.63) is 34.1 Å². The van der Waals surface area contributed by atoms with E-state index in [1.165, 1.54) is 6.07 Å². The van der Waals surface area contributed by atoms with Crippen molar-refractivity contribution in [1.29, 1.82) is 5.26 Å². The zero-order chi connectivity index (χ0) is 10.0. The average molecular weight is 198 g/mol. The highest BCUT2D eigenvalue weighted by Gasteiger charge is 2.11. The molecule has 0 saturated carbocycles. The molecule has 1 rings (SSSR count). The third-order valence-corrected chi connectivity index (χ3v) is 2.27. The van der Waals surface area contributed by atoms with Crippen LogP contribution in [0, 0.1) is 24.1 Å². The zero-order valence-corrected chi connectivity index (χ0v) is 8.19. The van der Waals surface area contributed by atoms with Crippen LogP contribution in [0.15, 0.2) is 12.1 Å². The Labute approximate surface area is 81.8 Å². The van der Waals surface area contributed by atoms with E-state index in [9.17, 15) is 4.39 Å². The van der Waals surface area contributed by atoms with Gasteiger partial charge in [0.1, 0.15) is 5.82 Å². The fourth-order valence-corrected chi connectivity index (χ4v) is 1.44. The third kappa shape index (κ3) is 1.99. The molecule has 0 saturated heterocycles. The van der Waals surface area contributed by atoms with E-state index in [0.29, 0.717) is 16.1 Å². The lowest BCUT2D eigenvalue weighted by Gasteiger charge is -2.07. The number of hydrogen-bond acceptors (Lipinski definition) is 1. The molecule has 3 heteroatoms. The summed E-state index contributed by atoms with van der Waals surface area (Å²) in [4.78, 5) is 0. The first-order valence-corrected chi connectivity index (χ1v) is 4.29. The normalized spacial score (nSPS) is 12.2. The van der Waals surface area contributed by atoms with Crippen LogP contribution in [0.1, 0.15) is 24.0 Å². The highest BCUT2D eigenvalue weighted by atomic mass is 35.5. The Balaban J connectivity index is 3.25. The highest BCUT2D eigenvalue weighted by Crippen LogP contribution is 2.26. The Morgan fingerprint density at radius 2 is 2.15 bits per heavy atom. The lowest BCUT2D eigenvalue weighted by atomic mass is 10.0. The third-order valence-electron chi connectivity index (χ3n) is 1.94. The summed E-state index contributed by atoms with van der Waals surface area (Å²) >= 11 is 5.86. The fourth-order valence-electron chi connectivity index (χ4n) is 1.06. The summed E-state index contributed by atoms with van der Waals surface area (Å²) in [6, 6.07) is 4.88. The van der Waals surface area contributed by atoms with Gasteiger partial charge >= 0.3 is 0 Å². The van der Waals surface area contributed by atoms with Crippen LogP contribution in [-0.2, 0) is 0 Å². The molecule has 1 aromatic rings. The van der Waals surface area contributed by atoms with E-state index < -0.39 is 0 Å². The maximum absolute atomic E-state index is 13.1. The van der Waals surface area contributed by atoms with Gasteiger partial charge in [0.25, 0.3) is 0 Å². The number of rotatable bonds is 1. The number of aryl methyl sites for hydroxylation is 1. The van der Waals surface area contributed by atoms with E-state index >= 15 is 0 Å². The van der Waals surface area contributed by atoms with Gasteiger partial charge in [0.15, 0.2) is 0 Å². The summed E-state index contributed by atoms with van der Waals surface area (Å²) in [5.41, 5.74) is 1.05. The Bertz CT molecular complexity index is 368. The second kappa shape index (κ2) is 3.76. The van der Waals surface area contributed by atoms with E-state index in [1.807, 2.05) is 6.07 Å². The van der Waals surface area contributed by atoms with Crippen molar-refractivity contribution in [2.45, 2.75) is 19.8 Å². The molecule has 0 heterocycles. The number of nitrogens with zero attached hydrogens (tertiary/aromatic N) is 1. The predicted molar refractivity (Wildman–Crippen MR) is 50.2 cm³/mol. The molecule has 1 unspecified atom stereocenters. The Kier molecular flexibility index (Phi) is 2.90. The summed E-state index contributed by atoms with van der Waals surface area (Å²) in [5.74, 6) is -0.691. The largest absolute Gasteiger partial charge is 0.207 e. The van der Waals surface area contributed by atoms with Gasteiger partial charge in [-0.3, -0.25) is 0 Å². The summed E-state index contributed by atoms with van der Waals surface area (Å²) in [7, 11) is 0. The van der Waals surface area contributed by atoms with Crippen molar-refractivity contribution in [2.75, 3.05) is 0 Å². The topological polar surface area (TPSA) is 23.8 Å². The van der Waals surface area contributed by atoms with Gasteiger partial charge in [-0.05, 0) is 37.1 Å². The van der Waals surface area contributed by atoms with Crippen LogP contribution in [0.2, 0.25) is 5.02 Å². The van der Waals surface area contributed by atoms with E-state index in [0.717, 1.165) is 0 Å². The Hall–Kier alpha value is -1.07. The Morgan fingerprint density at radius 1 is 1.54 bits per heavy atom. The molecule has 0 radical (unpaired) electrons. The highest BCUT2D eigenvalue weighted by molar-refractivity contribution is 6.31. The van der Waals surface area contributed by atoms with Gasteiger partial charge in [0, 0.05) is 5.02 Å². The standard InChI is InChI=1S/C10H9ClFN/c1-6-3-9(11)8(4-10(6)12)7(2)5-13/h3-4,7H,1-2H3. The number of halogens is 2. The van der Waals surface area contributed by atoms with Gasteiger partial charge in [0.05, 0.1) is 12.0 Å². The molecule has 1 atom stereocenters. The van der Waals surface area contributed by atoms with E-state index in [2.05, 4.69) is 0 Å². The first-order valence-electron chi connectivity index (χ1n) is 3.91. The predicted octanol–water partition coefficient (Wildman–Crippen LogP) is 3.41. The molecule has 0 aromatic heterocycles. The molecular formula is C10H9ClFN. The molecule has 0 aliphatic rings. The van der Waals surface area contributed by atoms with E-state index in [-0.39, 0.29) is 11.7 Å². The molecule has 0 amide bonds. The molecule has 1 aromatic carbocycles. The number of hydrogen-bond donors (Lipinski definition) is 0. The molecule has 0 spiro atoms. The molecule has 0 fully saturated rings. The lowest BCUT2D eigenvalue weighted by molar-refractivity contribution is 0.615. The first-order chi connectivity index (χ1) is 6.06. The van der Waals surface area contributed by atoms with Crippen LogP contribution < -0.4 is 0 Å². The SMILES string of the molecule is Cc1cc(Cl)c(C(C)C#N)cc1F. The van der Waals surface area contributed by atoms with Crippen LogP contribution in [0.25, 0.3) is 0 Å². The lowest BCUT2D eigenvalue weighted by Crippen LogP contribution is -1.94. The Morgan fingerprint density at radius 3 is 2.69 bits per heavy atom. The maximum Gasteiger partial charge on any atom is 0.126 e. The van der Waals surface area contributed by atoms with Crippen LogP contribution >= 0.6 is 11.6 Å². The summed E-state index contributed by atoms with van der Waals surface area (Å²) in [6.07, 6.45) is 0. The average Bonchev–Trinajstić information content (AvgIpc) is 2.10. The minimum Gasteiger partial charge on any atom is -0.207 e. The van der Waals surface area contributed by atoms with Crippen molar-refractivity contribution < 1.29 is 4.39 Å². The maximum atomic E-state index is 13.1. The molecule has 0 N–H and O–H groups in total. The zero-order valence-electron chi connectivity index (χ0n) is 7.44. The van der Waals surface area contributed by atoms with Crippen LogP contribution in [0.5, 0.6) is 0 Å². The smallest absolute Gasteiger partial charge is 0.126 e. The van der Waals surface area contributed by atoms with Gasteiger partial charge in [0.2, 0.25) is 0 Å². The van der Waals surface area contributed by atoms with Crippen molar-refractivity contribution in [3.63, 3.8) is 0 Å². The molecule has 1 nitrogen and oxygen atoms in total. The van der Waals surface area contributed by atoms with Crippen molar-refractivity contribution in [1.82, 2.24) is 0 Å². The second-order valence-electron chi connectivity index (χ2n) is 2.97. The van der Waals surface area contributed by atoms with Crippen molar-refractivity contribution in [2.24, 2.45) is 0 Å². The summed E-state index contributed by atoms with van der Waals surface area (Å²) in [5, 5.41) is 9.09. The number of benzene rings is 1. The summed E-state index contributed by atoms with van der Waals surface area (Å²) < 4.78 is 13.1. The van der Waals surface area contributed by atoms with Gasteiger partial charge in [-0.1, -0.05) is 11.6 Å². The molecule has 0 aliphatic carbocycles. The quantitative estimate of drug-likeness (QED) is 0.677. The second-order valence-corrected chi connectivity index (χ2v) is 3.38. The molecule has 0 bridgehead atoms. The minimum absolute atomic E-state index is 0.318. The van der Waals surface area contributed by atoms with E-state index in [1.54, 1.807) is 19.9 Å². The van der Waals surface area contributed by atoms with Crippen LogP contribution in [-0.4, -0.2) is 0 Å². The molecule has 0 aliphatic heterocycles. The van der Waals surface area contributed by atoms with Crippen LogP contribution in [0.3, 0.4) is 0 Å². The fraction of sp³-hybridized carbons (Fsp3) is 0.300. The van der Waals surface area contributed by atoms with Gasteiger partial charge in [-0.15, -0.1) is 0 Å². The summed E-state index contributed by atoms with van der Waals surface area (Å²) in [6.45, 7) is 3.33. The van der Waals surface area contributed by atoms with Gasteiger partial charge < -0.3 is 0 Å². The van der Waals surface area contributed by atoms with Gasteiger partial charge in [-0.25, -0.2) is 4.39 Å². The number of nitriles is 1. The van der Waals surface area contributed by atoms with Gasteiger partial charge in [-0.2, -0.15) is 5.26 Å². The minimum atomic E-state index is -0.373. The molecule has 13 heavy (non-hydrogen) atoms. The van der Waals surface area contributed by atoms with Crippen LogP contribution in [0.4, 0.5) is 4.39 Å². The van der Waals surface area contributed by atoms with Crippen molar-refractivity contribution >= 4 is 11.6 Å². The van der Waals surface area contributed by atoms with Crippen molar-refractivity contribution in [3.8, 4) is 6.07 Å².